The Morgan fingerprint density at radius 1 is 1.15 bits per heavy atom. The average Bonchev–Trinajstić information content (AvgIpc) is 2.43. The molecule has 20 heavy (non-hydrogen) atoms. The molecule has 5 heteroatoms. The minimum Gasteiger partial charge on any atom is -0.495 e. The first kappa shape index (κ1) is 14.8. The van der Waals surface area contributed by atoms with Gasteiger partial charge >= 0.3 is 0 Å². The van der Waals surface area contributed by atoms with Crippen molar-refractivity contribution >= 4 is 29.0 Å². The lowest BCUT2D eigenvalue weighted by atomic mass is 10.0. The Kier molecular flexibility index (Phi) is 4.31. The lowest BCUT2D eigenvalue weighted by Gasteiger charge is -2.09. The molecule has 0 aromatic heterocycles. The fourth-order valence-electron chi connectivity index (χ4n) is 1.80. The van der Waals surface area contributed by atoms with Crippen LogP contribution in [0.5, 0.6) is 5.75 Å². The van der Waals surface area contributed by atoms with E-state index in [1.54, 1.807) is 6.92 Å². The van der Waals surface area contributed by atoms with E-state index in [1.807, 2.05) is 0 Å². The standard InChI is InChI=1S/C15H11Cl2FO2/c1-8-5-9(3-4-13(8)18)15(19)10-6-12(17)14(20-2)7-11(10)16/h3-7H,1-2H3. The van der Waals surface area contributed by atoms with Crippen molar-refractivity contribution in [2.24, 2.45) is 0 Å². The van der Waals surface area contributed by atoms with Crippen LogP contribution < -0.4 is 4.74 Å². The van der Waals surface area contributed by atoms with Gasteiger partial charge in [-0.1, -0.05) is 23.2 Å². The number of hydrogen-bond acceptors (Lipinski definition) is 2. The van der Waals surface area contributed by atoms with Crippen molar-refractivity contribution in [1.29, 1.82) is 0 Å². The number of methoxy groups -OCH3 is 1. The van der Waals surface area contributed by atoms with Crippen LogP contribution in [0.4, 0.5) is 4.39 Å². The third-order valence-electron chi connectivity index (χ3n) is 2.91. The summed E-state index contributed by atoms with van der Waals surface area (Å²) in [5.41, 5.74) is 1.00. The van der Waals surface area contributed by atoms with Crippen LogP contribution in [0.3, 0.4) is 0 Å². The summed E-state index contributed by atoms with van der Waals surface area (Å²) in [7, 11) is 1.46. The van der Waals surface area contributed by atoms with E-state index in [4.69, 9.17) is 27.9 Å². The third-order valence-corrected chi connectivity index (χ3v) is 3.51. The van der Waals surface area contributed by atoms with Gasteiger partial charge in [-0.25, -0.2) is 4.39 Å². The molecule has 0 bridgehead atoms. The fourth-order valence-corrected chi connectivity index (χ4v) is 2.28. The monoisotopic (exact) mass is 312 g/mol. The van der Waals surface area contributed by atoms with Crippen LogP contribution in [0, 0.1) is 12.7 Å². The second-order valence-corrected chi connectivity index (χ2v) is 5.07. The SMILES string of the molecule is COc1cc(Cl)c(C(=O)c2ccc(F)c(C)c2)cc1Cl. The van der Waals surface area contributed by atoms with Crippen LogP contribution in [0.1, 0.15) is 21.5 Å². The third kappa shape index (κ3) is 2.79. The smallest absolute Gasteiger partial charge is 0.194 e. The van der Waals surface area contributed by atoms with Crippen LogP contribution >= 0.6 is 23.2 Å². The molecule has 2 aromatic carbocycles. The van der Waals surface area contributed by atoms with Crippen molar-refractivity contribution in [2.75, 3.05) is 7.11 Å². The molecule has 104 valence electrons. The molecular formula is C15H11Cl2FO2. The second kappa shape index (κ2) is 5.81. The van der Waals surface area contributed by atoms with Gasteiger partial charge in [0.2, 0.25) is 0 Å². The Hall–Kier alpha value is -1.58. The highest BCUT2D eigenvalue weighted by atomic mass is 35.5. The van der Waals surface area contributed by atoms with Crippen LogP contribution in [0.25, 0.3) is 0 Å². The summed E-state index contributed by atoms with van der Waals surface area (Å²) in [4.78, 5) is 12.4. The minimum absolute atomic E-state index is 0.234. The molecule has 2 aromatic rings. The first-order chi connectivity index (χ1) is 9.43. The van der Waals surface area contributed by atoms with E-state index in [1.165, 1.54) is 37.4 Å². The number of halogens is 3. The second-order valence-electron chi connectivity index (χ2n) is 4.26. The van der Waals surface area contributed by atoms with Gasteiger partial charge in [-0.15, -0.1) is 0 Å². The van der Waals surface area contributed by atoms with Crippen LogP contribution in [0.15, 0.2) is 30.3 Å². The zero-order valence-electron chi connectivity index (χ0n) is 10.8. The van der Waals surface area contributed by atoms with E-state index >= 15 is 0 Å². The van der Waals surface area contributed by atoms with Crippen molar-refractivity contribution in [1.82, 2.24) is 0 Å². The number of hydrogen-bond donors (Lipinski definition) is 0. The number of ether oxygens (including phenoxy) is 1. The maximum Gasteiger partial charge on any atom is 0.194 e. The molecule has 0 unspecified atom stereocenters. The van der Waals surface area contributed by atoms with Gasteiger partial charge in [-0.05, 0) is 36.8 Å². The van der Waals surface area contributed by atoms with E-state index in [2.05, 4.69) is 0 Å². The van der Waals surface area contributed by atoms with Gasteiger partial charge in [-0.2, -0.15) is 0 Å². The van der Waals surface area contributed by atoms with E-state index in [0.29, 0.717) is 21.9 Å². The molecular weight excluding hydrogens is 302 g/mol. The molecule has 0 amide bonds. The normalized spacial score (nSPS) is 10.4. The topological polar surface area (TPSA) is 26.3 Å². The zero-order chi connectivity index (χ0) is 14.9. The summed E-state index contributed by atoms with van der Waals surface area (Å²) < 4.78 is 18.3. The summed E-state index contributed by atoms with van der Waals surface area (Å²) in [6.07, 6.45) is 0. The van der Waals surface area contributed by atoms with E-state index in [0.717, 1.165) is 0 Å². The maximum absolute atomic E-state index is 13.2. The summed E-state index contributed by atoms with van der Waals surface area (Å²) in [5.74, 6) is -0.286. The molecule has 2 nitrogen and oxygen atoms in total. The van der Waals surface area contributed by atoms with Gasteiger partial charge in [-0.3, -0.25) is 4.79 Å². The zero-order valence-corrected chi connectivity index (χ0v) is 12.3. The highest BCUT2D eigenvalue weighted by Gasteiger charge is 2.17. The largest absolute Gasteiger partial charge is 0.495 e. The van der Waals surface area contributed by atoms with Crippen LogP contribution in [0.2, 0.25) is 10.0 Å². The summed E-state index contributed by atoms with van der Waals surface area (Å²) in [6, 6.07) is 7.07. The number of benzene rings is 2. The van der Waals surface area contributed by atoms with E-state index < -0.39 is 0 Å². The highest BCUT2D eigenvalue weighted by molar-refractivity contribution is 6.37. The lowest BCUT2D eigenvalue weighted by Crippen LogP contribution is -2.04. The summed E-state index contributed by atoms with van der Waals surface area (Å²) in [5, 5.41) is 0.525. The molecule has 0 saturated carbocycles. The minimum atomic E-state index is -0.361. The van der Waals surface area contributed by atoms with Gasteiger partial charge in [0.15, 0.2) is 5.78 Å². The molecule has 0 spiro atoms. The van der Waals surface area contributed by atoms with Gasteiger partial charge in [0.05, 0.1) is 17.2 Å². The predicted molar refractivity (Wildman–Crippen MR) is 77.6 cm³/mol. The Balaban J connectivity index is 2.48. The van der Waals surface area contributed by atoms with E-state index in [-0.39, 0.29) is 22.2 Å². The Morgan fingerprint density at radius 3 is 2.45 bits per heavy atom. The van der Waals surface area contributed by atoms with Crippen LogP contribution in [-0.2, 0) is 0 Å². The number of aryl methyl sites for hydroxylation is 1. The van der Waals surface area contributed by atoms with Crippen molar-refractivity contribution in [3.05, 3.63) is 62.9 Å². The number of rotatable bonds is 3. The number of carbonyl (C=O) groups excluding carboxylic acids is 1. The van der Waals surface area contributed by atoms with E-state index in [9.17, 15) is 9.18 Å². The fraction of sp³-hybridized carbons (Fsp3) is 0.133. The quantitative estimate of drug-likeness (QED) is 0.769. The number of ketones is 1. The molecule has 0 fully saturated rings. The Bertz CT molecular complexity index is 684. The molecule has 0 aliphatic rings. The lowest BCUT2D eigenvalue weighted by molar-refractivity contribution is 0.103. The molecule has 2 rings (SSSR count). The first-order valence-electron chi connectivity index (χ1n) is 5.78. The van der Waals surface area contributed by atoms with Crippen LogP contribution in [-0.4, -0.2) is 12.9 Å². The molecule has 0 radical (unpaired) electrons. The average molecular weight is 313 g/mol. The molecule has 0 N–H and O–H groups in total. The summed E-state index contributed by atoms with van der Waals surface area (Å²) in [6.45, 7) is 1.59. The molecule has 0 aliphatic carbocycles. The Labute approximate surface area is 126 Å². The van der Waals surface area contributed by atoms with Crippen molar-refractivity contribution in [3.8, 4) is 5.75 Å². The van der Waals surface area contributed by atoms with Crippen molar-refractivity contribution < 1.29 is 13.9 Å². The summed E-state index contributed by atoms with van der Waals surface area (Å²) >= 11 is 12.1. The highest BCUT2D eigenvalue weighted by Crippen LogP contribution is 2.32. The Morgan fingerprint density at radius 2 is 1.85 bits per heavy atom. The maximum atomic E-state index is 13.2. The number of carbonyl (C=O) groups is 1. The van der Waals surface area contributed by atoms with Crippen molar-refractivity contribution in [2.45, 2.75) is 6.92 Å². The van der Waals surface area contributed by atoms with Gasteiger partial charge in [0, 0.05) is 17.2 Å². The molecule has 0 atom stereocenters. The molecule has 0 saturated heterocycles. The molecule has 0 aliphatic heterocycles. The first-order valence-corrected chi connectivity index (χ1v) is 6.53. The predicted octanol–water partition coefficient (Wildman–Crippen LogP) is 4.68. The van der Waals surface area contributed by atoms with Crippen molar-refractivity contribution in [3.63, 3.8) is 0 Å². The van der Waals surface area contributed by atoms with Gasteiger partial charge in [0.1, 0.15) is 11.6 Å². The van der Waals surface area contributed by atoms with Gasteiger partial charge < -0.3 is 4.74 Å². The van der Waals surface area contributed by atoms with Gasteiger partial charge in [0.25, 0.3) is 0 Å². The molecule has 0 heterocycles.